The fraction of sp³-hybridized carbons (Fsp3) is 0.609. The summed E-state index contributed by atoms with van der Waals surface area (Å²) in [7, 11) is 0. The van der Waals surface area contributed by atoms with Crippen LogP contribution in [0.1, 0.15) is 77.2 Å². The minimum Gasteiger partial charge on any atom is -0.462 e. The Labute approximate surface area is 162 Å². The third-order valence-electron chi connectivity index (χ3n) is 3.96. The lowest BCUT2D eigenvalue weighted by Crippen LogP contribution is -2.30. The smallest absolute Gasteiger partial charge is 0.338 e. The molecule has 0 aliphatic carbocycles. The van der Waals surface area contributed by atoms with Gasteiger partial charge < -0.3 is 9.64 Å². The number of allylic oxidation sites excluding steroid dienone is 1. The first-order chi connectivity index (χ1) is 12.5. The molecule has 1 aliphatic heterocycles. The summed E-state index contributed by atoms with van der Waals surface area (Å²) in [6, 6.07) is 7.40. The first kappa shape index (κ1) is 26.5. The van der Waals surface area contributed by atoms with E-state index in [0.29, 0.717) is 12.2 Å². The van der Waals surface area contributed by atoms with Crippen LogP contribution < -0.4 is 0 Å². The highest BCUT2D eigenvalue weighted by Gasteiger charge is 2.14. The number of ether oxygens (including phenoxy) is 1. The van der Waals surface area contributed by atoms with Crippen molar-refractivity contribution >= 4 is 5.97 Å². The van der Waals surface area contributed by atoms with Crippen LogP contribution in [0.2, 0.25) is 0 Å². The molecule has 2 rings (SSSR count). The number of carbonyl (C=O) groups excluding carboxylic acids is 1. The number of hydrogen-bond donors (Lipinski definition) is 0. The number of esters is 1. The Morgan fingerprint density at radius 1 is 1.15 bits per heavy atom. The Morgan fingerprint density at radius 3 is 2.08 bits per heavy atom. The number of hydrogen-bond acceptors (Lipinski definition) is 3. The van der Waals surface area contributed by atoms with Crippen molar-refractivity contribution in [2.45, 2.75) is 68.2 Å². The molecule has 0 N–H and O–H groups in total. The minimum atomic E-state index is -0.240. The molecule has 1 saturated heterocycles. The molecule has 0 bridgehead atoms. The maximum Gasteiger partial charge on any atom is 0.338 e. The van der Waals surface area contributed by atoms with Crippen molar-refractivity contribution in [3.8, 4) is 0 Å². The van der Waals surface area contributed by atoms with Gasteiger partial charge in [0.2, 0.25) is 0 Å². The van der Waals surface area contributed by atoms with E-state index in [1.54, 1.807) is 13.0 Å². The predicted molar refractivity (Wildman–Crippen MR) is 115 cm³/mol. The fourth-order valence-electron chi connectivity index (χ4n) is 2.40. The molecule has 3 heteroatoms. The van der Waals surface area contributed by atoms with E-state index < -0.39 is 0 Å². The lowest BCUT2D eigenvalue weighted by Gasteiger charge is -2.32. The SMILES string of the molecule is C=C(C)N1CCC(C)CC1.CC.CC.CCOC(=O)c1ccccc1C. The third kappa shape index (κ3) is 11.0. The zero-order valence-corrected chi connectivity index (χ0v) is 18.4. The summed E-state index contributed by atoms with van der Waals surface area (Å²) in [5.41, 5.74) is 2.84. The molecule has 0 unspecified atom stereocenters. The molecule has 0 saturated carbocycles. The second-order valence-electron chi connectivity index (χ2n) is 5.94. The van der Waals surface area contributed by atoms with Gasteiger partial charge in [0.05, 0.1) is 12.2 Å². The number of benzene rings is 1. The zero-order valence-electron chi connectivity index (χ0n) is 18.4. The molecule has 0 amide bonds. The summed E-state index contributed by atoms with van der Waals surface area (Å²) in [5.74, 6) is 0.686. The summed E-state index contributed by atoms with van der Waals surface area (Å²) in [5, 5.41) is 0. The van der Waals surface area contributed by atoms with E-state index in [2.05, 4.69) is 25.3 Å². The van der Waals surface area contributed by atoms with Gasteiger partial charge in [-0.05, 0) is 51.2 Å². The van der Waals surface area contributed by atoms with Crippen LogP contribution in [-0.2, 0) is 4.74 Å². The lowest BCUT2D eigenvalue weighted by atomic mass is 9.99. The Morgan fingerprint density at radius 2 is 1.65 bits per heavy atom. The molecule has 0 atom stereocenters. The molecule has 1 heterocycles. The number of likely N-dealkylation sites (tertiary alicyclic amines) is 1. The highest BCUT2D eigenvalue weighted by Crippen LogP contribution is 2.18. The molecule has 0 radical (unpaired) electrons. The molecule has 150 valence electrons. The van der Waals surface area contributed by atoms with Gasteiger partial charge in [-0.2, -0.15) is 0 Å². The standard InChI is InChI=1S/C10H12O2.C9H17N.2C2H6/c1-3-12-10(11)9-7-5-4-6-8(9)2;1-8(2)10-6-4-9(3)5-7-10;2*1-2/h4-7H,3H2,1-2H3;9H,1,4-7H2,2-3H3;2*1-2H3. The van der Waals surface area contributed by atoms with Gasteiger partial charge in [-0.15, -0.1) is 0 Å². The average molecular weight is 364 g/mol. The Kier molecular flexibility index (Phi) is 17.0. The molecular formula is C23H41NO2. The highest BCUT2D eigenvalue weighted by atomic mass is 16.5. The van der Waals surface area contributed by atoms with E-state index in [4.69, 9.17) is 4.74 Å². The summed E-state index contributed by atoms with van der Waals surface area (Å²) in [6.07, 6.45) is 2.68. The maximum atomic E-state index is 11.2. The van der Waals surface area contributed by atoms with Crippen LogP contribution in [-0.4, -0.2) is 30.6 Å². The molecule has 0 aromatic heterocycles. The largest absolute Gasteiger partial charge is 0.462 e. The number of piperidine rings is 1. The molecule has 0 spiro atoms. The monoisotopic (exact) mass is 363 g/mol. The van der Waals surface area contributed by atoms with Crippen LogP contribution >= 0.6 is 0 Å². The minimum absolute atomic E-state index is 0.240. The highest BCUT2D eigenvalue weighted by molar-refractivity contribution is 5.90. The molecule has 3 nitrogen and oxygen atoms in total. The van der Waals surface area contributed by atoms with Crippen LogP contribution in [0, 0.1) is 12.8 Å². The Bertz CT molecular complexity index is 489. The van der Waals surface area contributed by atoms with Crippen LogP contribution in [0.3, 0.4) is 0 Å². The number of carbonyl (C=O) groups is 1. The van der Waals surface area contributed by atoms with Gasteiger partial charge in [0.15, 0.2) is 0 Å². The van der Waals surface area contributed by atoms with Gasteiger partial charge in [0.25, 0.3) is 0 Å². The first-order valence-electron chi connectivity index (χ1n) is 10.1. The van der Waals surface area contributed by atoms with Gasteiger partial charge in [0, 0.05) is 18.8 Å². The Balaban J connectivity index is 0. The zero-order chi connectivity index (χ0) is 20.5. The van der Waals surface area contributed by atoms with Crippen molar-refractivity contribution in [2.75, 3.05) is 19.7 Å². The summed E-state index contributed by atoms with van der Waals surface area (Å²) >= 11 is 0. The van der Waals surface area contributed by atoms with Crippen molar-refractivity contribution in [1.29, 1.82) is 0 Å². The molecule has 1 aromatic rings. The van der Waals surface area contributed by atoms with Crippen LogP contribution in [0.25, 0.3) is 0 Å². The summed E-state index contributed by atoms with van der Waals surface area (Å²) in [4.78, 5) is 13.6. The van der Waals surface area contributed by atoms with Gasteiger partial charge in [-0.25, -0.2) is 4.79 Å². The van der Waals surface area contributed by atoms with Crippen molar-refractivity contribution in [3.05, 3.63) is 47.7 Å². The van der Waals surface area contributed by atoms with Crippen molar-refractivity contribution < 1.29 is 9.53 Å². The van der Waals surface area contributed by atoms with Crippen molar-refractivity contribution in [2.24, 2.45) is 5.92 Å². The van der Waals surface area contributed by atoms with Crippen LogP contribution in [0.4, 0.5) is 0 Å². The van der Waals surface area contributed by atoms with Gasteiger partial charge in [0.1, 0.15) is 0 Å². The van der Waals surface area contributed by atoms with E-state index in [-0.39, 0.29) is 5.97 Å². The van der Waals surface area contributed by atoms with E-state index in [1.165, 1.54) is 31.6 Å². The number of rotatable bonds is 3. The van der Waals surface area contributed by atoms with Crippen molar-refractivity contribution in [3.63, 3.8) is 0 Å². The molecule has 1 aromatic carbocycles. The predicted octanol–water partition coefficient (Wildman–Crippen LogP) is 6.48. The van der Waals surface area contributed by atoms with E-state index in [9.17, 15) is 4.79 Å². The summed E-state index contributed by atoms with van der Waals surface area (Å²) < 4.78 is 4.87. The number of aryl methyl sites for hydroxylation is 1. The normalized spacial score (nSPS) is 13.0. The molecule has 26 heavy (non-hydrogen) atoms. The third-order valence-corrected chi connectivity index (χ3v) is 3.96. The second-order valence-corrected chi connectivity index (χ2v) is 5.94. The topological polar surface area (TPSA) is 29.5 Å². The molecule has 1 fully saturated rings. The lowest BCUT2D eigenvalue weighted by molar-refractivity contribution is 0.0525. The second kappa shape index (κ2) is 16.7. The summed E-state index contributed by atoms with van der Waals surface area (Å²) in [6.45, 7) is 22.9. The van der Waals surface area contributed by atoms with Crippen molar-refractivity contribution in [1.82, 2.24) is 4.90 Å². The Hall–Kier alpha value is -1.77. The maximum absolute atomic E-state index is 11.2. The average Bonchev–Trinajstić information content (AvgIpc) is 2.66. The van der Waals surface area contributed by atoms with E-state index in [0.717, 1.165) is 11.5 Å². The van der Waals surface area contributed by atoms with Crippen LogP contribution in [0.5, 0.6) is 0 Å². The van der Waals surface area contributed by atoms with Gasteiger partial charge in [-0.1, -0.05) is 59.4 Å². The first-order valence-corrected chi connectivity index (χ1v) is 10.1. The van der Waals surface area contributed by atoms with Crippen LogP contribution in [0.15, 0.2) is 36.5 Å². The van der Waals surface area contributed by atoms with E-state index >= 15 is 0 Å². The quantitative estimate of drug-likeness (QED) is 0.576. The fourth-order valence-corrected chi connectivity index (χ4v) is 2.40. The van der Waals surface area contributed by atoms with Gasteiger partial charge >= 0.3 is 5.97 Å². The number of nitrogens with zero attached hydrogens (tertiary/aromatic N) is 1. The van der Waals surface area contributed by atoms with E-state index in [1.807, 2.05) is 52.8 Å². The molecular weight excluding hydrogens is 322 g/mol. The molecule has 1 aliphatic rings. The van der Waals surface area contributed by atoms with Gasteiger partial charge in [-0.3, -0.25) is 0 Å².